The lowest BCUT2D eigenvalue weighted by Gasteiger charge is -2.28. The zero-order valence-electron chi connectivity index (χ0n) is 15.0. The third-order valence-corrected chi connectivity index (χ3v) is 6.70. The van der Waals surface area contributed by atoms with Crippen LogP contribution in [0.3, 0.4) is 0 Å². The molecule has 0 spiro atoms. The van der Waals surface area contributed by atoms with Crippen LogP contribution < -0.4 is 4.90 Å². The molecular weight excluding hydrogens is 362 g/mol. The van der Waals surface area contributed by atoms with Crippen molar-refractivity contribution in [1.29, 1.82) is 0 Å². The van der Waals surface area contributed by atoms with Gasteiger partial charge >= 0.3 is 0 Å². The van der Waals surface area contributed by atoms with E-state index in [1.54, 1.807) is 0 Å². The van der Waals surface area contributed by atoms with Gasteiger partial charge in [0.05, 0.1) is 29.2 Å². The molecule has 2 atom stereocenters. The molecule has 1 aliphatic rings. The number of aryl methyl sites for hydroxylation is 1. The van der Waals surface area contributed by atoms with Gasteiger partial charge in [-0.15, -0.1) is 17.9 Å². The van der Waals surface area contributed by atoms with Crippen LogP contribution in [-0.4, -0.2) is 32.4 Å². The molecule has 0 amide bonds. The number of rotatable bonds is 5. The second kappa shape index (κ2) is 7.42. The molecule has 2 aromatic heterocycles. The van der Waals surface area contributed by atoms with Crippen LogP contribution in [0.2, 0.25) is 0 Å². The molecule has 3 aromatic rings. The van der Waals surface area contributed by atoms with Crippen molar-refractivity contribution in [2.45, 2.75) is 38.9 Å². The average molecular weight is 387 g/mol. The third kappa shape index (κ3) is 3.39. The number of nitrogens with one attached hydrogen (secondary N) is 1. The highest BCUT2D eigenvalue weighted by molar-refractivity contribution is 7.71. The first kappa shape index (κ1) is 17.6. The van der Waals surface area contributed by atoms with Crippen LogP contribution in [0.15, 0.2) is 36.9 Å². The maximum Gasteiger partial charge on any atom is 0.203 e. The van der Waals surface area contributed by atoms with Crippen molar-refractivity contribution < 1.29 is 4.90 Å². The van der Waals surface area contributed by atoms with Crippen molar-refractivity contribution in [1.82, 2.24) is 19.3 Å². The van der Waals surface area contributed by atoms with Crippen molar-refractivity contribution >= 4 is 33.8 Å². The quantitative estimate of drug-likeness (QED) is 0.541. The van der Waals surface area contributed by atoms with Crippen molar-refractivity contribution in [2.24, 2.45) is 0 Å². The van der Waals surface area contributed by atoms with Crippen molar-refractivity contribution in [3.05, 3.63) is 52.5 Å². The maximum absolute atomic E-state index is 5.61. The van der Waals surface area contributed by atoms with E-state index >= 15 is 0 Å². The number of quaternary nitrogens is 1. The number of aromatic nitrogens is 4. The molecule has 1 aliphatic heterocycles. The van der Waals surface area contributed by atoms with Crippen LogP contribution >= 0.6 is 23.6 Å². The van der Waals surface area contributed by atoms with Gasteiger partial charge in [-0.25, -0.2) is 4.98 Å². The van der Waals surface area contributed by atoms with E-state index in [2.05, 4.69) is 35.9 Å². The second-order valence-corrected chi connectivity index (χ2v) is 8.38. The molecule has 4 rings (SSSR count). The molecule has 1 fully saturated rings. The molecule has 0 bridgehead atoms. The van der Waals surface area contributed by atoms with E-state index in [9.17, 15) is 0 Å². The van der Waals surface area contributed by atoms with Gasteiger partial charge in [0.2, 0.25) is 4.77 Å². The molecule has 26 heavy (non-hydrogen) atoms. The van der Waals surface area contributed by atoms with Gasteiger partial charge in [-0.1, -0.05) is 18.2 Å². The average Bonchev–Trinajstić information content (AvgIpc) is 3.19. The molecule has 1 unspecified atom stereocenters. The van der Waals surface area contributed by atoms with Crippen molar-refractivity contribution in [2.75, 3.05) is 13.1 Å². The maximum atomic E-state index is 5.61. The number of allylic oxidation sites excluding steroid dienone is 1. The summed E-state index contributed by atoms with van der Waals surface area (Å²) in [6.45, 7) is 9.61. The van der Waals surface area contributed by atoms with Gasteiger partial charge in [0.1, 0.15) is 10.8 Å². The number of thiazole rings is 1. The Morgan fingerprint density at radius 2 is 2.27 bits per heavy atom. The third-order valence-electron chi connectivity index (χ3n) is 5.07. The minimum atomic E-state index is 0.529. The first-order valence-electron chi connectivity index (χ1n) is 9.10. The smallest absolute Gasteiger partial charge is 0.203 e. The largest absolute Gasteiger partial charge is 0.316 e. The summed E-state index contributed by atoms with van der Waals surface area (Å²) in [5, 5.41) is 5.93. The summed E-state index contributed by atoms with van der Waals surface area (Å²) in [7, 11) is 0. The first-order valence-corrected chi connectivity index (χ1v) is 10.3. The predicted octanol–water partition coefficient (Wildman–Crippen LogP) is 2.94. The molecule has 1 aromatic carbocycles. The van der Waals surface area contributed by atoms with E-state index in [0.29, 0.717) is 12.5 Å². The predicted molar refractivity (Wildman–Crippen MR) is 108 cm³/mol. The van der Waals surface area contributed by atoms with Gasteiger partial charge < -0.3 is 9.47 Å². The van der Waals surface area contributed by atoms with Crippen LogP contribution in [0.25, 0.3) is 10.2 Å². The van der Waals surface area contributed by atoms with Crippen LogP contribution in [0, 0.1) is 11.7 Å². The Bertz CT molecular complexity index is 950. The van der Waals surface area contributed by atoms with Gasteiger partial charge in [-0.2, -0.15) is 9.78 Å². The van der Waals surface area contributed by atoms with E-state index < -0.39 is 0 Å². The standard InChI is InChI=1S/C19H23N5S2/c1-3-10-23-14(2)21-24(19(23)25)13-22-11-6-7-15(12-22)18-20-16-8-4-5-9-17(16)26-18/h3-5,8-9,15H,1,6-7,10-13H2,2H3/p+1/t15-/m1/s1. The molecule has 136 valence electrons. The minimum Gasteiger partial charge on any atom is -0.316 e. The minimum absolute atomic E-state index is 0.529. The number of likely N-dealkylation sites (tertiary alicyclic amines) is 1. The fourth-order valence-electron chi connectivity index (χ4n) is 3.77. The lowest BCUT2D eigenvalue weighted by molar-refractivity contribution is -0.929. The Hall–Kier alpha value is -1.83. The van der Waals surface area contributed by atoms with Gasteiger partial charge in [0.15, 0.2) is 6.67 Å². The molecular formula is C19H24N5S2+. The van der Waals surface area contributed by atoms with Gasteiger partial charge in [-0.3, -0.25) is 0 Å². The van der Waals surface area contributed by atoms with Gasteiger partial charge in [0, 0.05) is 6.54 Å². The number of hydrogen-bond acceptors (Lipinski definition) is 4. The fraction of sp³-hybridized carbons (Fsp3) is 0.421. The molecule has 1 saturated heterocycles. The molecule has 0 saturated carbocycles. The van der Waals surface area contributed by atoms with E-state index in [-0.39, 0.29) is 0 Å². The number of piperidine rings is 1. The Balaban J connectivity index is 1.51. The Kier molecular flexibility index (Phi) is 5.02. The van der Waals surface area contributed by atoms with Crippen LogP contribution in [0.1, 0.15) is 29.6 Å². The summed E-state index contributed by atoms with van der Waals surface area (Å²) in [5.74, 6) is 1.48. The summed E-state index contributed by atoms with van der Waals surface area (Å²) in [6.07, 6.45) is 4.31. The summed E-state index contributed by atoms with van der Waals surface area (Å²) in [5.41, 5.74) is 1.13. The normalized spacial score (nSPS) is 20.5. The molecule has 0 radical (unpaired) electrons. The number of hydrogen-bond donors (Lipinski definition) is 1. The van der Waals surface area contributed by atoms with Crippen LogP contribution in [-0.2, 0) is 13.2 Å². The molecule has 1 N–H and O–H groups in total. The topological polar surface area (TPSA) is 40.1 Å². The van der Waals surface area contributed by atoms with Crippen molar-refractivity contribution in [3.63, 3.8) is 0 Å². The molecule has 3 heterocycles. The van der Waals surface area contributed by atoms with E-state index in [1.165, 1.54) is 27.4 Å². The van der Waals surface area contributed by atoms with Crippen LogP contribution in [0.5, 0.6) is 0 Å². The SMILES string of the molecule is C=CCn1c(C)nn(C[NH+]2CCC[C@@H](c3nc4ccccc4s3)C2)c1=S. The van der Waals surface area contributed by atoms with Crippen molar-refractivity contribution in [3.8, 4) is 0 Å². The summed E-state index contributed by atoms with van der Waals surface area (Å²) >= 11 is 7.45. The van der Waals surface area contributed by atoms with E-state index in [1.807, 2.05) is 33.6 Å². The van der Waals surface area contributed by atoms with E-state index in [0.717, 1.165) is 35.9 Å². The zero-order valence-corrected chi connectivity index (χ0v) is 16.7. The number of fused-ring (bicyclic) bond motifs is 1. The number of benzene rings is 1. The lowest BCUT2D eigenvalue weighted by Crippen LogP contribution is -3.12. The molecule has 5 nitrogen and oxygen atoms in total. The highest BCUT2D eigenvalue weighted by Gasteiger charge is 2.27. The second-order valence-electron chi connectivity index (χ2n) is 6.95. The number of para-hydroxylation sites is 1. The highest BCUT2D eigenvalue weighted by Crippen LogP contribution is 2.30. The Morgan fingerprint density at radius 1 is 1.42 bits per heavy atom. The fourth-order valence-corrected chi connectivity index (χ4v) is 5.19. The molecule has 7 heteroatoms. The first-order chi connectivity index (χ1) is 12.7. The number of nitrogens with zero attached hydrogens (tertiary/aromatic N) is 4. The van der Waals surface area contributed by atoms with Gasteiger partial charge in [-0.05, 0) is 44.1 Å². The Morgan fingerprint density at radius 3 is 3.08 bits per heavy atom. The monoisotopic (exact) mass is 386 g/mol. The summed E-state index contributed by atoms with van der Waals surface area (Å²) < 4.78 is 6.09. The lowest BCUT2D eigenvalue weighted by atomic mass is 9.99. The molecule has 0 aliphatic carbocycles. The van der Waals surface area contributed by atoms with E-state index in [4.69, 9.17) is 17.2 Å². The van der Waals surface area contributed by atoms with Gasteiger partial charge in [0.25, 0.3) is 0 Å². The Labute approximate surface area is 162 Å². The highest BCUT2D eigenvalue weighted by atomic mass is 32.1. The zero-order chi connectivity index (χ0) is 18.1. The summed E-state index contributed by atoms with van der Waals surface area (Å²) in [6, 6.07) is 8.43. The van der Waals surface area contributed by atoms with Crippen LogP contribution in [0.4, 0.5) is 0 Å². The summed E-state index contributed by atoms with van der Waals surface area (Å²) in [4.78, 5) is 6.41.